The molecule has 0 saturated carbocycles. The Balaban J connectivity index is -0.0000000817. The van der Waals surface area contributed by atoms with Crippen LogP contribution < -0.4 is 0 Å². The van der Waals surface area contributed by atoms with E-state index in [1.807, 2.05) is 13.8 Å². The maximum atomic E-state index is 8.20. The molecule has 3 nitrogen and oxygen atoms in total. The van der Waals surface area contributed by atoms with Crippen LogP contribution in [0.1, 0.15) is 16.7 Å². The van der Waals surface area contributed by atoms with E-state index in [2.05, 4.69) is 4.52 Å². The van der Waals surface area contributed by atoms with Crippen molar-refractivity contribution in [3.8, 4) is 0 Å². The van der Waals surface area contributed by atoms with E-state index in [1.54, 1.807) is 0 Å². The van der Waals surface area contributed by atoms with Gasteiger partial charge in [0.15, 0.2) is 0 Å². The van der Waals surface area contributed by atoms with Crippen molar-refractivity contribution in [2.75, 3.05) is 6.61 Å². The van der Waals surface area contributed by atoms with Gasteiger partial charge in [-0.15, -0.1) is 0 Å². The summed E-state index contributed by atoms with van der Waals surface area (Å²) >= 11 is 0. The molecule has 0 fully saturated rings. The predicted molar refractivity (Wildman–Crippen MR) is 40.1 cm³/mol. The molecular formula is C4H13CaO3P. The fraction of sp³-hybridized carbons (Fsp3) is 1.00. The second kappa shape index (κ2) is 7.67. The van der Waals surface area contributed by atoms with Gasteiger partial charge in [-0.2, -0.15) is 0 Å². The maximum Gasteiger partial charge on any atom is 2.00 e. The van der Waals surface area contributed by atoms with E-state index in [1.165, 1.54) is 0 Å². The third-order valence-corrected chi connectivity index (χ3v) is 0.903. The Morgan fingerprint density at radius 1 is 1.56 bits per heavy atom. The fourth-order valence-corrected chi connectivity index (χ4v) is 0.647. The summed E-state index contributed by atoms with van der Waals surface area (Å²) in [6.45, 7) is 4.30. The maximum absolute atomic E-state index is 8.20. The molecule has 0 atom stereocenters. The number of rotatable bonds is 3. The Bertz CT molecular complexity index is 59.3. The Morgan fingerprint density at radius 2 is 2.00 bits per heavy atom. The first-order valence-corrected chi connectivity index (χ1v) is 3.60. The molecule has 0 saturated heterocycles. The third kappa shape index (κ3) is 12.7. The second-order valence-corrected chi connectivity index (χ2v) is 2.71. The van der Waals surface area contributed by atoms with Crippen LogP contribution in [0.25, 0.3) is 0 Å². The molecule has 0 aliphatic heterocycles. The molecule has 54 valence electrons. The molecule has 0 spiro atoms. The van der Waals surface area contributed by atoms with Gasteiger partial charge >= 0.3 is 46.3 Å². The van der Waals surface area contributed by atoms with E-state index in [9.17, 15) is 0 Å². The van der Waals surface area contributed by atoms with Gasteiger partial charge in [-0.3, -0.25) is 0 Å². The summed E-state index contributed by atoms with van der Waals surface area (Å²) in [5, 5.41) is 0. The molecule has 0 aromatic heterocycles. The van der Waals surface area contributed by atoms with Crippen LogP contribution in [0, 0.1) is 5.92 Å². The van der Waals surface area contributed by atoms with Gasteiger partial charge in [-0.25, -0.2) is 0 Å². The zero-order valence-electron chi connectivity index (χ0n) is 7.74. The molecule has 0 radical (unpaired) electrons. The van der Waals surface area contributed by atoms with Crippen molar-refractivity contribution < 1.29 is 17.2 Å². The average Bonchev–Trinajstić information content (AvgIpc) is 1.61. The van der Waals surface area contributed by atoms with E-state index >= 15 is 0 Å². The monoisotopic (exact) mass is 180 g/mol. The van der Waals surface area contributed by atoms with Crippen LogP contribution >= 0.6 is 8.60 Å². The minimum absolute atomic E-state index is 0. The van der Waals surface area contributed by atoms with E-state index < -0.39 is 8.60 Å². The van der Waals surface area contributed by atoms with E-state index in [4.69, 9.17) is 9.79 Å². The molecule has 0 aliphatic rings. The quantitative estimate of drug-likeness (QED) is 0.497. The van der Waals surface area contributed by atoms with Crippen LogP contribution in [0.5, 0.6) is 0 Å². The first-order chi connectivity index (χ1) is 3.63. The van der Waals surface area contributed by atoms with Crippen molar-refractivity contribution in [2.45, 2.75) is 13.8 Å². The van der Waals surface area contributed by atoms with Crippen LogP contribution in [-0.4, -0.2) is 54.1 Å². The molecule has 0 unspecified atom stereocenters. The zero-order chi connectivity index (χ0) is 6.57. The second-order valence-electron chi connectivity index (χ2n) is 1.94. The Morgan fingerprint density at radius 3 is 2.11 bits per heavy atom. The van der Waals surface area contributed by atoms with Crippen LogP contribution in [0.4, 0.5) is 0 Å². The van der Waals surface area contributed by atoms with Gasteiger partial charge in [0, 0.05) is 0 Å². The van der Waals surface area contributed by atoms with Crippen LogP contribution in [-0.2, 0) is 4.52 Å². The Kier molecular flexibility index (Phi) is 11.2. The van der Waals surface area contributed by atoms with Crippen molar-refractivity contribution in [2.24, 2.45) is 5.92 Å². The van der Waals surface area contributed by atoms with Gasteiger partial charge < -0.3 is 17.2 Å². The summed E-state index contributed by atoms with van der Waals surface area (Å²) in [4.78, 5) is 16.4. The Hall–Kier alpha value is 1.57. The summed E-state index contributed by atoms with van der Waals surface area (Å²) in [7, 11) is -2.13. The summed E-state index contributed by atoms with van der Waals surface area (Å²) in [5.74, 6) is 0.360. The standard InChI is InChI=1S/C4H11O3P.Ca.2H/c1-4(2)3-7-8(5)6;;;/h4-6H,3H2,1-2H3;;;/q;+2;2*-1. The largest absolute Gasteiger partial charge is 2.00 e. The van der Waals surface area contributed by atoms with E-state index in [-0.39, 0.29) is 40.6 Å². The molecule has 2 N–H and O–H groups in total. The molecule has 0 rings (SSSR count). The topological polar surface area (TPSA) is 49.7 Å². The molecule has 0 aromatic carbocycles. The van der Waals surface area contributed by atoms with Crippen molar-refractivity contribution in [1.29, 1.82) is 0 Å². The third-order valence-electron chi connectivity index (χ3n) is 0.523. The van der Waals surface area contributed by atoms with Crippen LogP contribution in [0.3, 0.4) is 0 Å². The van der Waals surface area contributed by atoms with Crippen molar-refractivity contribution in [3.05, 3.63) is 0 Å². The molecule has 0 bridgehead atoms. The van der Waals surface area contributed by atoms with Gasteiger partial charge in [-0.05, 0) is 5.92 Å². The first kappa shape index (κ1) is 13.2. The summed E-state index contributed by atoms with van der Waals surface area (Å²) in [5.41, 5.74) is 0. The van der Waals surface area contributed by atoms with Gasteiger partial charge in [0.25, 0.3) is 0 Å². The molecular weight excluding hydrogens is 167 g/mol. The normalized spacial score (nSPS) is 10.0. The molecule has 0 heterocycles. The van der Waals surface area contributed by atoms with E-state index in [0.717, 1.165) is 0 Å². The molecule has 0 amide bonds. The number of hydrogen-bond donors (Lipinski definition) is 2. The van der Waals surface area contributed by atoms with Crippen molar-refractivity contribution in [1.82, 2.24) is 0 Å². The molecule has 9 heavy (non-hydrogen) atoms. The minimum atomic E-state index is -2.13. The smallest absolute Gasteiger partial charge is 1.00 e. The zero-order valence-corrected chi connectivity index (χ0v) is 8.84. The SMILES string of the molecule is CC(C)COP(O)O.[Ca+2].[H-].[H-]. The van der Waals surface area contributed by atoms with Gasteiger partial charge in [0.05, 0.1) is 6.61 Å². The van der Waals surface area contributed by atoms with Gasteiger partial charge in [-0.1, -0.05) is 13.8 Å². The fourth-order valence-electron chi connectivity index (χ4n) is 0.216. The van der Waals surface area contributed by atoms with Crippen molar-refractivity contribution >= 4 is 46.3 Å². The first-order valence-electron chi connectivity index (χ1n) is 2.43. The summed E-state index contributed by atoms with van der Waals surface area (Å²) < 4.78 is 4.48. The summed E-state index contributed by atoms with van der Waals surface area (Å²) in [6, 6.07) is 0. The van der Waals surface area contributed by atoms with Crippen LogP contribution in [0.2, 0.25) is 0 Å². The van der Waals surface area contributed by atoms with Gasteiger partial charge in [0.2, 0.25) is 0 Å². The number of hydrogen-bond acceptors (Lipinski definition) is 3. The Labute approximate surface area is 89.4 Å². The van der Waals surface area contributed by atoms with Crippen LogP contribution in [0.15, 0.2) is 0 Å². The summed E-state index contributed by atoms with van der Waals surface area (Å²) in [6.07, 6.45) is 0. The molecule has 0 aromatic rings. The molecule has 0 aliphatic carbocycles. The minimum Gasteiger partial charge on any atom is -1.00 e. The van der Waals surface area contributed by atoms with Gasteiger partial charge in [0.1, 0.15) is 0 Å². The predicted octanol–water partition coefficient (Wildman–Crippen LogP) is 0.715. The average molecular weight is 180 g/mol. The van der Waals surface area contributed by atoms with Crippen molar-refractivity contribution in [3.63, 3.8) is 0 Å². The van der Waals surface area contributed by atoms with E-state index in [0.29, 0.717) is 12.5 Å². The molecule has 5 heteroatoms.